The fraction of sp³-hybridized carbons (Fsp3) is 0. The van der Waals surface area contributed by atoms with Crippen molar-refractivity contribution in [3.05, 3.63) is 132 Å². The van der Waals surface area contributed by atoms with E-state index in [1.807, 2.05) is 84.9 Å². The zero-order chi connectivity index (χ0) is 20.4. The zero-order valence-corrected chi connectivity index (χ0v) is 17.2. The van der Waals surface area contributed by atoms with Gasteiger partial charge >= 0.3 is 5.63 Å². The monoisotopic (exact) mass is 407 g/mol. The highest BCUT2D eigenvalue weighted by Gasteiger charge is 2.50. The van der Waals surface area contributed by atoms with Crippen molar-refractivity contribution < 1.29 is 4.42 Å². The highest BCUT2D eigenvalue weighted by atomic mass is 31.2. The molecule has 0 saturated heterocycles. The maximum atomic E-state index is 13.5. The largest absolute Gasteiger partial charge is 0.420 e. The molecule has 0 fully saturated rings. The lowest BCUT2D eigenvalue weighted by atomic mass is 10.2. The van der Waals surface area contributed by atoms with Gasteiger partial charge in [0.1, 0.15) is 21.5 Å². The second-order valence-corrected chi connectivity index (χ2v) is 10.5. The molecule has 0 aliphatic heterocycles. The average molecular weight is 407 g/mol. The van der Waals surface area contributed by atoms with Crippen LogP contribution in [0, 0.1) is 0 Å². The molecule has 2 nitrogen and oxygen atoms in total. The van der Waals surface area contributed by atoms with Crippen LogP contribution in [0.2, 0.25) is 0 Å². The molecule has 1 heterocycles. The van der Waals surface area contributed by atoms with Crippen LogP contribution in [0.25, 0.3) is 11.0 Å². The Kier molecular flexibility index (Phi) is 4.78. The normalized spacial score (nSPS) is 11.5. The van der Waals surface area contributed by atoms with Crippen LogP contribution in [-0.4, -0.2) is 0 Å². The van der Waals surface area contributed by atoms with Gasteiger partial charge in [-0.3, -0.25) is 0 Å². The van der Waals surface area contributed by atoms with Gasteiger partial charge in [0, 0.05) is 11.5 Å². The number of fused-ring (bicyclic) bond motifs is 1. The molecule has 30 heavy (non-hydrogen) atoms. The van der Waals surface area contributed by atoms with Crippen LogP contribution >= 0.6 is 7.26 Å². The van der Waals surface area contributed by atoms with Gasteiger partial charge in [-0.2, -0.15) is 0 Å². The summed E-state index contributed by atoms with van der Waals surface area (Å²) in [6, 6.07) is 40.8. The first-order valence-corrected chi connectivity index (χ1v) is 11.7. The van der Waals surface area contributed by atoms with Crippen molar-refractivity contribution in [3.63, 3.8) is 0 Å². The molecule has 5 aromatic rings. The molecule has 0 aliphatic carbocycles. The van der Waals surface area contributed by atoms with Crippen LogP contribution in [-0.2, 0) is 0 Å². The highest BCUT2D eigenvalue weighted by molar-refractivity contribution is 8.01. The van der Waals surface area contributed by atoms with Gasteiger partial charge in [0.25, 0.3) is 0 Å². The molecule has 0 aliphatic rings. The number of rotatable bonds is 4. The van der Waals surface area contributed by atoms with E-state index in [0.29, 0.717) is 10.9 Å². The van der Waals surface area contributed by atoms with Crippen molar-refractivity contribution in [2.75, 3.05) is 0 Å². The third-order valence-electron chi connectivity index (χ3n) is 5.41. The second-order valence-electron chi connectivity index (χ2n) is 7.13. The third kappa shape index (κ3) is 2.98. The molecule has 3 heteroatoms. The van der Waals surface area contributed by atoms with E-state index < -0.39 is 7.26 Å². The molecule has 0 atom stereocenters. The van der Waals surface area contributed by atoms with Crippen molar-refractivity contribution >= 4 is 39.4 Å². The minimum absolute atomic E-state index is 0.279. The molecular weight excluding hydrogens is 387 g/mol. The Labute approximate surface area is 175 Å². The number of benzene rings is 4. The van der Waals surface area contributed by atoms with E-state index in [1.54, 1.807) is 0 Å². The SMILES string of the molecule is O=c1oc2ccccc2cc1[P+](c1ccccc1)(c1ccccc1)c1ccccc1. The van der Waals surface area contributed by atoms with Crippen molar-refractivity contribution in [1.82, 2.24) is 0 Å². The molecule has 0 bridgehead atoms. The highest BCUT2D eigenvalue weighted by Crippen LogP contribution is 2.53. The maximum Gasteiger partial charge on any atom is 0.380 e. The molecule has 0 radical (unpaired) electrons. The van der Waals surface area contributed by atoms with Gasteiger partial charge in [-0.25, -0.2) is 4.79 Å². The first kappa shape index (κ1) is 18.5. The molecular formula is C27H20O2P+. The Hall–Kier alpha value is -3.48. The number of para-hydroxylation sites is 1. The first-order valence-electron chi connectivity index (χ1n) is 9.89. The molecule has 4 aromatic carbocycles. The van der Waals surface area contributed by atoms with Crippen LogP contribution in [0.1, 0.15) is 0 Å². The first-order chi connectivity index (χ1) is 14.8. The van der Waals surface area contributed by atoms with Gasteiger partial charge in [0.05, 0.1) is 0 Å². The lowest BCUT2D eigenvalue weighted by Crippen LogP contribution is -2.44. The van der Waals surface area contributed by atoms with Gasteiger partial charge in [-0.1, -0.05) is 72.8 Å². The lowest BCUT2D eigenvalue weighted by molar-refractivity contribution is 0.566. The van der Waals surface area contributed by atoms with E-state index >= 15 is 0 Å². The molecule has 0 amide bonds. The summed E-state index contributed by atoms with van der Waals surface area (Å²) in [5.74, 6) is 0. The summed E-state index contributed by atoms with van der Waals surface area (Å²) >= 11 is 0. The number of hydrogen-bond acceptors (Lipinski definition) is 2. The smallest absolute Gasteiger partial charge is 0.380 e. The van der Waals surface area contributed by atoms with E-state index in [-0.39, 0.29) is 5.63 Å². The van der Waals surface area contributed by atoms with Crippen LogP contribution < -0.4 is 26.8 Å². The van der Waals surface area contributed by atoms with E-state index in [9.17, 15) is 4.79 Å². The average Bonchev–Trinajstić information content (AvgIpc) is 2.82. The summed E-state index contributed by atoms with van der Waals surface area (Å²) < 4.78 is 5.84. The second kappa shape index (κ2) is 7.74. The molecule has 0 saturated carbocycles. The maximum absolute atomic E-state index is 13.5. The molecule has 5 rings (SSSR count). The van der Waals surface area contributed by atoms with E-state index in [0.717, 1.165) is 21.3 Å². The quantitative estimate of drug-likeness (QED) is 0.326. The molecule has 0 unspecified atom stereocenters. The van der Waals surface area contributed by atoms with E-state index in [1.165, 1.54) is 0 Å². The van der Waals surface area contributed by atoms with Gasteiger partial charge < -0.3 is 4.42 Å². The summed E-state index contributed by atoms with van der Waals surface area (Å²) in [5, 5.41) is 5.03. The Morgan fingerprint density at radius 2 is 0.967 bits per heavy atom. The minimum Gasteiger partial charge on any atom is -0.420 e. The topological polar surface area (TPSA) is 30.2 Å². The van der Waals surface area contributed by atoms with Crippen molar-refractivity contribution in [2.24, 2.45) is 0 Å². The van der Waals surface area contributed by atoms with Gasteiger partial charge in [0.2, 0.25) is 0 Å². The van der Waals surface area contributed by atoms with Crippen LogP contribution in [0.4, 0.5) is 0 Å². The summed E-state index contributed by atoms with van der Waals surface area (Å²) in [6.45, 7) is 0. The van der Waals surface area contributed by atoms with Crippen molar-refractivity contribution in [2.45, 2.75) is 0 Å². The van der Waals surface area contributed by atoms with Crippen LogP contribution in [0.15, 0.2) is 131 Å². The minimum atomic E-state index is -2.45. The van der Waals surface area contributed by atoms with Crippen molar-refractivity contribution in [1.29, 1.82) is 0 Å². The van der Waals surface area contributed by atoms with E-state index in [4.69, 9.17) is 4.42 Å². The van der Waals surface area contributed by atoms with Crippen LogP contribution in [0.5, 0.6) is 0 Å². The fourth-order valence-corrected chi connectivity index (χ4v) is 8.34. The fourth-order valence-electron chi connectivity index (χ4n) is 4.10. The Morgan fingerprint density at radius 3 is 1.47 bits per heavy atom. The van der Waals surface area contributed by atoms with Gasteiger partial charge in [-0.15, -0.1) is 0 Å². The predicted octanol–water partition coefficient (Wildman–Crippen LogP) is 4.41. The summed E-state index contributed by atoms with van der Waals surface area (Å²) in [5.41, 5.74) is 0.331. The lowest BCUT2D eigenvalue weighted by Gasteiger charge is -2.26. The predicted molar refractivity (Wildman–Crippen MR) is 127 cm³/mol. The van der Waals surface area contributed by atoms with Gasteiger partial charge in [0.15, 0.2) is 12.6 Å². The molecule has 0 N–H and O–H groups in total. The molecule has 0 spiro atoms. The number of hydrogen-bond donors (Lipinski definition) is 0. The summed E-state index contributed by atoms with van der Waals surface area (Å²) in [7, 11) is -2.45. The summed E-state index contributed by atoms with van der Waals surface area (Å²) in [4.78, 5) is 13.5. The van der Waals surface area contributed by atoms with E-state index in [2.05, 4.69) is 36.4 Å². The Balaban J connectivity index is 1.97. The Morgan fingerprint density at radius 1 is 0.533 bits per heavy atom. The zero-order valence-electron chi connectivity index (χ0n) is 16.3. The standard InChI is InChI=1S/C27H20O2P/c28-27-26(20-21-12-10-11-19-25(21)29-27)30(22-13-4-1-5-14-22,23-15-6-2-7-16-23)24-17-8-3-9-18-24/h1-20H/q+1. The van der Waals surface area contributed by atoms with Crippen LogP contribution in [0.3, 0.4) is 0 Å². The van der Waals surface area contributed by atoms with Gasteiger partial charge in [-0.05, 0) is 42.5 Å². The van der Waals surface area contributed by atoms with Crippen molar-refractivity contribution in [3.8, 4) is 0 Å². The Bertz CT molecular complexity index is 1250. The molecule has 1 aromatic heterocycles. The summed E-state index contributed by atoms with van der Waals surface area (Å²) in [6.07, 6.45) is 0. The molecule has 144 valence electrons. The third-order valence-corrected chi connectivity index (χ3v) is 9.67.